The van der Waals surface area contributed by atoms with Crippen LogP contribution in [-0.2, 0) is 16.1 Å². The molecule has 0 aliphatic heterocycles. The monoisotopic (exact) mass is 354 g/mol. The maximum absolute atomic E-state index is 11.8. The molecule has 3 aromatic rings. The molecule has 0 radical (unpaired) electrons. The zero-order chi connectivity index (χ0) is 18.4. The molecule has 0 amide bonds. The molecule has 3 rings (SSSR count). The highest BCUT2D eigenvalue weighted by Gasteiger charge is 2.14. The lowest BCUT2D eigenvalue weighted by Crippen LogP contribution is -2.15. The minimum atomic E-state index is -0.523. The first-order valence-corrected chi connectivity index (χ1v) is 7.97. The Balaban J connectivity index is 1.55. The van der Waals surface area contributed by atoms with Gasteiger partial charge in [0.15, 0.2) is 13.2 Å². The van der Waals surface area contributed by atoms with Crippen molar-refractivity contribution in [3.63, 3.8) is 0 Å². The van der Waals surface area contributed by atoms with Gasteiger partial charge in [0.05, 0.1) is 12.7 Å². The molecule has 0 fully saturated rings. The highest BCUT2D eigenvalue weighted by atomic mass is 16.6. The zero-order valence-corrected chi connectivity index (χ0v) is 14.5. The van der Waals surface area contributed by atoms with Crippen LogP contribution in [-0.4, -0.2) is 29.8 Å². The van der Waals surface area contributed by atoms with Crippen LogP contribution in [0.4, 0.5) is 0 Å². The molecular weight excluding hydrogens is 336 g/mol. The standard InChI is InChI=1S/C19H18N2O5/c1-13-7-3-5-9-15(13)24-12-18(22)25-11-17-20-19(21-26-17)14-8-4-6-10-16(14)23-2/h3-10H,11-12H2,1-2H3. The van der Waals surface area contributed by atoms with Crippen LogP contribution < -0.4 is 9.47 Å². The van der Waals surface area contributed by atoms with Gasteiger partial charge in [-0.3, -0.25) is 0 Å². The SMILES string of the molecule is COc1ccccc1-c1noc(COC(=O)COc2ccccc2C)n1. The van der Waals surface area contributed by atoms with E-state index < -0.39 is 5.97 Å². The molecule has 0 atom stereocenters. The van der Waals surface area contributed by atoms with Crippen molar-refractivity contribution in [2.45, 2.75) is 13.5 Å². The fourth-order valence-electron chi connectivity index (χ4n) is 2.29. The van der Waals surface area contributed by atoms with Crippen LogP contribution >= 0.6 is 0 Å². The second-order valence-corrected chi connectivity index (χ2v) is 5.43. The van der Waals surface area contributed by atoms with Gasteiger partial charge >= 0.3 is 5.97 Å². The Bertz CT molecular complexity index is 891. The Morgan fingerprint density at radius 2 is 1.81 bits per heavy atom. The Labute approximate surface area is 150 Å². The van der Waals surface area contributed by atoms with Crippen molar-refractivity contribution in [2.75, 3.05) is 13.7 Å². The number of hydrogen-bond donors (Lipinski definition) is 0. The molecule has 0 spiro atoms. The van der Waals surface area contributed by atoms with Gasteiger partial charge < -0.3 is 18.7 Å². The van der Waals surface area contributed by atoms with E-state index in [4.69, 9.17) is 18.7 Å². The van der Waals surface area contributed by atoms with Gasteiger partial charge in [-0.1, -0.05) is 35.5 Å². The first-order valence-electron chi connectivity index (χ1n) is 7.97. The number of esters is 1. The van der Waals surface area contributed by atoms with Crippen LogP contribution in [0.25, 0.3) is 11.4 Å². The van der Waals surface area contributed by atoms with Crippen LogP contribution in [0.2, 0.25) is 0 Å². The van der Waals surface area contributed by atoms with Crippen molar-refractivity contribution in [2.24, 2.45) is 0 Å². The van der Waals surface area contributed by atoms with E-state index in [0.717, 1.165) is 5.56 Å². The molecule has 7 nitrogen and oxygen atoms in total. The van der Waals surface area contributed by atoms with Crippen LogP contribution in [0.5, 0.6) is 11.5 Å². The zero-order valence-electron chi connectivity index (χ0n) is 14.5. The van der Waals surface area contributed by atoms with Crippen molar-refractivity contribution in [3.8, 4) is 22.9 Å². The van der Waals surface area contributed by atoms with Crippen molar-refractivity contribution < 1.29 is 23.5 Å². The van der Waals surface area contributed by atoms with Gasteiger partial charge in [-0.05, 0) is 30.7 Å². The summed E-state index contributed by atoms with van der Waals surface area (Å²) in [7, 11) is 1.57. The maximum atomic E-state index is 11.8. The van der Waals surface area contributed by atoms with E-state index in [2.05, 4.69) is 10.1 Å². The van der Waals surface area contributed by atoms with E-state index in [1.807, 2.05) is 43.3 Å². The van der Waals surface area contributed by atoms with Gasteiger partial charge in [-0.15, -0.1) is 0 Å². The summed E-state index contributed by atoms with van der Waals surface area (Å²) in [4.78, 5) is 16.0. The summed E-state index contributed by atoms with van der Waals surface area (Å²) >= 11 is 0. The van der Waals surface area contributed by atoms with Gasteiger partial charge in [0, 0.05) is 0 Å². The van der Waals surface area contributed by atoms with E-state index in [1.165, 1.54) is 0 Å². The Kier molecular flexibility index (Phi) is 5.48. The molecule has 0 N–H and O–H groups in total. The van der Waals surface area contributed by atoms with Crippen molar-refractivity contribution in [1.29, 1.82) is 0 Å². The number of para-hydroxylation sites is 2. The quantitative estimate of drug-likeness (QED) is 0.603. The van der Waals surface area contributed by atoms with Gasteiger partial charge in [0.1, 0.15) is 11.5 Å². The van der Waals surface area contributed by atoms with Gasteiger partial charge in [-0.2, -0.15) is 4.98 Å². The molecule has 26 heavy (non-hydrogen) atoms. The molecule has 1 heterocycles. The molecule has 134 valence electrons. The van der Waals surface area contributed by atoms with Gasteiger partial charge in [0.2, 0.25) is 5.82 Å². The van der Waals surface area contributed by atoms with E-state index >= 15 is 0 Å². The first-order chi connectivity index (χ1) is 12.7. The van der Waals surface area contributed by atoms with Gasteiger partial charge in [0.25, 0.3) is 5.89 Å². The number of nitrogens with zero attached hydrogens (tertiary/aromatic N) is 2. The van der Waals surface area contributed by atoms with Gasteiger partial charge in [-0.25, -0.2) is 4.79 Å². The fourth-order valence-corrected chi connectivity index (χ4v) is 2.29. The number of carbonyl (C=O) groups is 1. The molecule has 7 heteroatoms. The average Bonchev–Trinajstić information content (AvgIpc) is 3.14. The van der Waals surface area contributed by atoms with Crippen LogP contribution in [0.3, 0.4) is 0 Å². The Hall–Kier alpha value is -3.35. The first kappa shape index (κ1) is 17.5. The minimum Gasteiger partial charge on any atom is -0.496 e. The minimum absolute atomic E-state index is 0.127. The van der Waals surface area contributed by atoms with E-state index in [9.17, 15) is 4.79 Å². The number of hydrogen-bond acceptors (Lipinski definition) is 7. The third kappa shape index (κ3) is 4.18. The molecular formula is C19H18N2O5. The number of carbonyl (C=O) groups excluding carboxylic acids is 1. The van der Waals surface area contributed by atoms with E-state index in [-0.39, 0.29) is 19.1 Å². The Morgan fingerprint density at radius 3 is 2.58 bits per heavy atom. The molecule has 0 aliphatic carbocycles. The lowest BCUT2D eigenvalue weighted by molar-refractivity contribution is -0.148. The largest absolute Gasteiger partial charge is 0.496 e. The summed E-state index contributed by atoms with van der Waals surface area (Å²) in [6.45, 7) is 1.58. The predicted molar refractivity (Wildman–Crippen MR) is 92.8 cm³/mol. The van der Waals surface area contributed by atoms with E-state index in [0.29, 0.717) is 22.9 Å². The topological polar surface area (TPSA) is 83.7 Å². The highest BCUT2D eigenvalue weighted by molar-refractivity contribution is 5.71. The van der Waals surface area contributed by atoms with Crippen molar-refractivity contribution in [1.82, 2.24) is 10.1 Å². The molecule has 0 saturated heterocycles. The number of ether oxygens (including phenoxy) is 3. The number of aryl methyl sites for hydroxylation is 1. The number of methoxy groups -OCH3 is 1. The average molecular weight is 354 g/mol. The number of rotatable bonds is 7. The second kappa shape index (κ2) is 8.15. The summed E-state index contributed by atoms with van der Waals surface area (Å²) in [6, 6.07) is 14.7. The lowest BCUT2D eigenvalue weighted by Gasteiger charge is -2.07. The summed E-state index contributed by atoms with van der Waals surface area (Å²) in [5, 5.41) is 3.89. The molecule has 0 bridgehead atoms. The summed E-state index contributed by atoms with van der Waals surface area (Å²) < 4.78 is 20.9. The molecule has 0 aliphatic rings. The third-order valence-corrected chi connectivity index (χ3v) is 3.61. The smallest absolute Gasteiger partial charge is 0.344 e. The molecule has 2 aromatic carbocycles. The van der Waals surface area contributed by atoms with Crippen molar-refractivity contribution in [3.05, 3.63) is 60.0 Å². The summed E-state index contributed by atoms with van der Waals surface area (Å²) in [6.07, 6.45) is 0. The fraction of sp³-hybridized carbons (Fsp3) is 0.211. The van der Waals surface area contributed by atoms with E-state index in [1.54, 1.807) is 19.2 Å². The molecule has 0 saturated carbocycles. The maximum Gasteiger partial charge on any atom is 0.344 e. The Morgan fingerprint density at radius 1 is 1.08 bits per heavy atom. The second-order valence-electron chi connectivity index (χ2n) is 5.43. The lowest BCUT2D eigenvalue weighted by atomic mass is 10.2. The normalized spacial score (nSPS) is 10.4. The number of aromatic nitrogens is 2. The highest BCUT2D eigenvalue weighted by Crippen LogP contribution is 2.27. The number of benzene rings is 2. The van der Waals surface area contributed by atoms with Crippen LogP contribution in [0, 0.1) is 6.92 Å². The summed E-state index contributed by atoms with van der Waals surface area (Å²) in [5.74, 6) is 1.30. The molecule has 0 unspecified atom stereocenters. The van der Waals surface area contributed by atoms with Crippen LogP contribution in [0.15, 0.2) is 53.1 Å². The third-order valence-electron chi connectivity index (χ3n) is 3.61. The van der Waals surface area contributed by atoms with Crippen LogP contribution in [0.1, 0.15) is 11.5 Å². The molecule has 1 aromatic heterocycles. The predicted octanol–water partition coefficient (Wildman–Crippen LogP) is 3.18. The summed E-state index contributed by atoms with van der Waals surface area (Å²) in [5.41, 5.74) is 1.64. The van der Waals surface area contributed by atoms with Crippen molar-refractivity contribution >= 4 is 5.97 Å².